The lowest BCUT2D eigenvalue weighted by atomic mass is 10.1. The zero-order chi connectivity index (χ0) is 14.2. The standard InChI is InChI=1S/C11H7F3IN3O/c12-11(13,14)9-3-7(1-2-8(9)10(16)19)18-5-6(15)4-17-18/h1-5H,(H2,16,19). The summed E-state index contributed by atoms with van der Waals surface area (Å²) in [6.07, 6.45) is -1.57. The van der Waals surface area contributed by atoms with Gasteiger partial charge in [0.1, 0.15) is 0 Å². The summed E-state index contributed by atoms with van der Waals surface area (Å²) >= 11 is 1.99. The molecule has 1 heterocycles. The lowest BCUT2D eigenvalue weighted by Gasteiger charge is -2.12. The van der Waals surface area contributed by atoms with Crippen LogP contribution in [-0.2, 0) is 6.18 Å². The molecule has 8 heteroatoms. The van der Waals surface area contributed by atoms with Crippen LogP contribution in [0.15, 0.2) is 30.6 Å². The topological polar surface area (TPSA) is 60.9 Å². The summed E-state index contributed by atoms with van der Waals surface area (Å²) in [5, 5.41) is 3.91. The van der Waals surface area contributed by atoms with Crippen molar-refractivity contribution in [3.63, 3.8) is 0 Å². The van der Waals surface area contributed by atoms with Crippen molar-refractivity contribution in [1.82, 2.24) is 9.78 Å². The zero-order valence-corrected chi connectivity index (χ0v) is 11.4. The Hall–Kier alpha value is -1.58. The lowest BCUT2D eigenvalue weighted by Crippen LogP contribution is -2.19. The van der Waals surface area contributed by atoms with Gasteiger partial charge in [0, 0.05) is 6.20 Å². The van der Waals surface area contributed by atoms with Gasteiger partial charge in [-0.3, -0.25) is 4.79 Å². The first-order chi connectivity index (χ1) is 8.79. The molecule has 2 rings (SSSR count). The van der Waals surface area contributed by atoms with E-state index in [1.54, 1.807) is 6.20 Å². The van der Waals surface area contributed by atoms with Gasteiger partial charge in [-0.05, 0) is 40.8 Å². The highest BCUT2D eigenvalue weighted by molar-refractivity contribution is 14.1. The Morgan fingerprint density at radius 3 is 2.53 bits per heavy atom. The first-order valence-electron chi connectivity index (χ1n) is 5.00. The predicted octanol–water partition coefficient (Wildman–Crippen LogP) is 2.59. The first-order valence-corrected chi connectivity index (χ1v) is 6.08. The van der Waals surface area contributed by atoms with Gasteiger partial charge < -0.3 is 5.73 Å². The van der Waals surface area contributed by atoms with Crippen molar-refractivity contribution in [3.8, 4) is 5.69 Å². The van der Waals surface area contributed by atoms with Gasteiger partial charge in [0.25, 0.3) is 0 Å². The largest absolute Gasteiger partial charge is 0.417 e. The molecule has 0 aliphatic rings. The van der Waals surface area contributed by atoms with Crippen LogP contribution in [0, 0.1) is 3.57 Å². The number of nitrogens with zero attached hydrogens (tertiary/aromatic N) is 2. The Morgan fingerprint density at radius 1 is 1.37 bits per heavy atom. The molecule has 1 aromatic carbocycles. The van der Waals surface area contributed by atoms with Crippen LogP contribution in [0.2, 0.25) is 0 Å². The third kappa shape index (κ3) is 2.88. The van der Waals surface area contributed by atoms with Crippen molar-refractivity contribution in [3.05, 3.63) is 45.3 Å². The number of carbonyl (C=O) groups excluding carboxylic acids is 1. The van der Waals surface area contributed by atoms with E-state index in [2.05, 4.69) is 5.10 Å². The minimum atomic E-state index is -4.65. The van der Waals surface area contributed by atoms with Gasteiger partial charge in [0.15, 0.2) is 0 Å². The second-order valence-electron chi connectivity index (χ2n) is 3.70. The van der Waals surface area contributed by atoms with E-state index < -0.39 is 23.2 Å². The van der Waals surface area contributed by atoms with E-state index in [1.165, 1.54) is 16.9 Å². The fourth-order valence-electron chi connectivity index (χ4n) is 1.57. The van der Waals surface area contributed by atoms with Crippen LogP contribution in [0.5, 0.6) is 0 Å². The molecule has 19 heavy (non-hydrogen) atoms. The highest BCUT2D eigenvalue weighted by atomic mass is 127. The average molecular weight is 381 g/mol. The van der Waals surface area contributed by atoms with E-state index in [4.69, 9.17) is 5.73 Å². The predicted molar refractivity (Wildman–Crippen MR) is 69.8 cm³/mol. The highest BCUT2D eigenvalue weighted by Crippen LogP contribution is 2.33. The number of benzene rings is 1. The summed E-state index contributed by atoms with van der Waals surface area (Å²) in [6.45, 7) is 0. The minimum absolute atomic E-state index is 0.209. The molecule has 1 amide bonds. The maximum Gasteiger partial charge on any atom is 0.417 e. The normalized spacial score (nSPS) is 11.6. The third-order valence-electron chi connectivity index (χ3n) is 2.39. The van der Waals surface area contributed by atoms with Crippen LogP contribution in [0.4, 0.5) is 13.2 Å². The molecular weight excluding hydrogens is 374 g/mol. The van der Waals surface area contributed by atoms with E-state index in [9.17, 15) is 18.0 Å². The van der Waals surface area contributed by atoms with E-state index in [-0.39, 0.29) is 5.69 Å². The number of halogens is 4. The highest BCUT2D eigenvalue weighted by Gasteiger charge is 2.35. The first kappa shape index (κ1) is 13.8. The molecule has 100 valence electrons. The molecule has 2 aromatic rings. The summed E-state index contributed by atoms with van der Waals surface area (Å²) in [7, 11) is 0. The summed E-state index contributed by atoms with van der Waals surface area (Å²) < 4.78 is 40.7. The van der Waals surface area contributed by atoms with Crippen molar-refractivity contribution in [2.75, 3.05) is 0 Å². The van der Waals surface area contributed by atoms with E-state index in [0.717, 1.165) is 15.7 Å². The maximum atomic E-state index is 12.9. The molecule has 2 N–H and O–H groups in total. The van der Waals surface area contributed by atoms with Crippen molar-refractivity contribution < 1.29 is 18.0 Å². The van der Waals surface area contributed by atoms with Gasteiger partial charge in [-0.15, -0.1) is 0 Å². The molecule has 0 saturated heterocycles. The van der Waals surface area contributed by atoms with Crippen molar-refractivity contribution in [1.29, 1.82) is 0 Å². The van der Waals surface area contributed by atoms with Crippen LogP contribution >= 0.6 is 22.6 Å². The summed E-state index contributed by atoms with van der Waals surface area (Å²) in [6, 6.07) is 3.26. The minimum Gasteiger partial charge on any atom is -0.366 e. The van der Waals surface area contributed by atoms with E-state index in [1.807, 2.05) is 22.6 Å². The van der Waals surface area contributed by atoms with Gasteiger partial charge in [-0.25, -0.2) is 4.68 Å². The number of carbonyl (C=O) groups is 1. The number of amides is 1. The Labute approximate surface area is 119 Å². The summed E-state index contributed by atoms with van der Waals surface area (Å²) in [5.41, 5.74) is 3.53. The van der Waals surface area contributed by atoms with Crippen molar-refractivity contribution in [2.24, 2.45) is 5.73 Å². The van der Waals surface area contributed by atoms with Crippen molar-refractivity contribution in [2.45, 2.75) is 6.18 Å². The number of rotatable bonds is 2. The molecule has 0 saturated carbocycles. The Morgan fingerprint density at radius 2 is 2.05 bits per heavy atom. The molecule has 0 unspecified atom stereocenters. The van der Waals surface area contributed by atoms with Crippen LogP contribution in [0.25, 0.3) is 5.69 Å². The molecule has 0 aliphatic carbocycles. The van der Waals surface area contributed by atoms with Gasteiger partial charge in [0.05, 0.1) is 26.6 Å². The maximum absolute atomic E-state index is 12.9. The Balaban J connectivity index is 2.59. The quantitative estimate of drug-likeness (QED) is 0.814. The number of aromatic nitrogens is 2. The Bertz CT molecular complexity index is 636. The molecule has 4 nitrogen and oxygen atoms in total. The van der Waals surface area contributed by atoms with Crippen LogP contribution < -0.4 is 5.73 Å². The smallest absolute Gasteiger partial charge is 0.366 e. The molecule has 0 fully saturated rings. The molecule has 0 spiro atoms. The van der Waals surface area contributed by atoms with E-state index >= 15 is 0 Å². The SMILES string of the molecule is NC(=O)c1ccc(-n2cc(I)cn2)cc1C(F)(F)F. The molecular formula is C11H7F3IN3O. The summed E-state index contributed by atoms with van der Waals surface area (Å²) in [4.78, 5) is 11.0. The van der Waals surface area contributed by atoms with E-state index in [0.29, 0.717) is 0 Å². The number of primary amides is 1. The second kappa shape index (κ2) is 4.83. The fraction of sp³-hybridized carbons (Fsp3) is 0.0909. The molecule has 1 aromatic heterocycles. The zero-order valence-electron chi connectivity index (χ0n) is 9.28. The second-order valence-corrected chi connectivity index (χ2v) is 4.94. The van der Waals surface area contributed by atoms with Gasteiger partial charge >= 0.3 is 6.18 Å². The van der Waals surface area contributed by atoms with Gasteiger partial charge in [0.2, 0.25) is 5.91 Å². The fourth-order valence-corrected chi connectivity index (χ4v) is 1.95. The molecule has 0 atom stereocenters. The molecule has 0 aliphatic heterocycles. The number of hydrogen-bond acceptors (Lipinski definition) is 2. The lowest BCUT2D eigenvalue weighted by molar-refractivity contribution is -0.137. The number of alkyl halides is 3. The van der Waals surface area contributed by atoms with Crippen LogP contribution in [-0.4, -0.2) is 15.7 Å². The third-order valence-corrected chi connectivity index (χ3v) is 2.95. The molecule has 0 radical (unpaired) electrons. The Kier molecular flexibility index (Phi) is 3.52. The van der Waals surface area contributed by atoms with Gasteiger partial charge in [-0.2, -0.15) is 18.3 Å². The van der Waals surface area contributed by atoms with Crippen molar-refractivity contribution >= 4 is 28.5 Å². The number of hydrogen-bond donors (Lipinski definition) is 1. The monoisotopic (exact) mass is 381 g/mol. The van der Waals surface area contributed by atoms with Crippen LogP contribution in [0.3, 0.4) is 0 Å². The van der Waals surface area contributed by atoms with Gasteiger partial charge in [-0.1, -0.05) is 0 Å². The summed E-state index contributed by atoms with van der Waals surface area (Å²) in [5.74, 6) is -1.12. The average Bonchev–Trinajstić information content (AvgIpc) is 2.74. The van der Waals surface area contributed by atoms with Crippen LogP contribution in [0.1, 0.15) is 15.9 Å². The molecule has 0 bridgehead atoms. The number of nitrogens with two attached hydrogens (primary N) is 1.